The van der Waals surface area contributed by atoms with Crippen LogP contribution in [0.2, 0.25) is 5.15 Å². The van der Waals surface area contributed by atoms with Crippen molar-refractivity contribution in [2.75, 3.05) is 13.2 Å². The van der Waals surface area contributed by atoms with E-state index in [2.05, 4.69) is 9.71 Å². The summed E-state index contributed by atoms with van der Waals surface area (Å²) < 4.78 is 32.3. The lowest BCUT2D eigenvalue weighted by Gasteiger charge is -2.33. The van der Waals surface area contributed by atoms with Gasteiger partial charge in [-0.2, -0.15) is 0 Å². The van der Waals surface area contributed by atoms with E-state index in [1.165, 1.54) is 18.3 Å². The lowest BCUT2D eigenvalue weighted by atomic mass is 9.94. The van der Waals surface area contributed by atoms with Crippen LogP contribution in [0.25, 0.3) is 0 Å². The van der Waals surface area contributed by atoms with Gasteiger partial charge < -0.3 is 4.74 Å². The predicted molar refractivity (Wildman–Crippen MR) is 68.0 cm³/mol. The molecule has 0 saturated carbocycles. The molecule has 1 aliphatic heterocycles. The van der Waals surface area contributed by atoms with E-state index >= 15 is 0 Å². The Morgan fingerprint density at radius 1 is 1.39 bits per heavy atom. The summed E-state index contributed by atoms with van der Waals surface area (Å²) in [6.45, 7) is 3.02. The summed E-state index contributed by atoms with van der Waals surface area (Å²) >= 11 is 5.64. The van der Waals surface area contributed by atoms with Crippen LogP contribution in [0.4, 0.5) is 0 Å². The van der Waals surface area contributed by atoms with Gasteiger partial charge in [0.2, 0.25) is 10.0 Å². The number of halogens is 1. The van der Waals surface area contributed by atoms with E-state index in [9.17, 15) is 8.42 Å². The maximum atomic E-state index is 12.2. The number of nitrogens with zero attached hydrogens (tertiary/aromatic N) is 1. The number of rotatable bonds is 3. The van der Waals surface area contributed by atoms with Gasteiger partial charge in [0.1, 0.15) is 10.0 Å². The van der Waals surface area contributed by atoms with Crippen LogP contribution >= 0.6 is 11.6 Å². The molecule has 1 N–H and O–H groups in total. The molecule has 0 aromatic carbocycles. The molecule has 100 valence electrons. The van der Waals surface area contributed by atoms with Crippen LogP contribution in [-0.4, -0.2) is 32.2 Å². The summed E-state index contributed by atoms with van der Waals surface area (Å²) in [7, 11) is -3.56. The minimum Gasteiger partial charge on any atom is -0.381 e. The number of sulfonamides is 1. The van der Waals surface area contributed by atoms with E-state index in [0.29, 0.717) is 26.1 Å². The van der Waals surface area contributed by atoms with E-state index in [1.807, 2.05) is 6.92 Å². The highest BCUT2D eigenvalue weighted by molar-refractivity contribution is 7.89. The Kier molecular flexibility index (Phi) is 3.91. The highest BCUT2D eigenvalue weighted by Crippen LogP contribution is 2.23. The summed E-state index contributed by atoms with van der Waals surface area (Å²) in [6, 6.07) is 2.91. The Morgan fingerprint density at radius 2 is 2.06 bits per heavy atom. The largest absolute Gasteiger partial charge is 0.381 e. The van der Waals surface area contributed by atoms with E-state index in [0.717, 1.165) is 0 Å². The highest BCUT2D eigenvalue weighted by Gasteiger charge is 2.32. The van der Waals surface area contributed by atoms with Gasteiger partial charge in [-0.15, -0.1) is 0 Å². The molecule has 0 atom stereocenters. The highest BCUT2D eigenvalue weighted by atomic mass is 35.5. The van der Waals surface area contributed by atoms with Gasteiger partial charge in [0.15, 0.2) is 0 Å². The van der Waals surface area contributed by atoms with Gasteiger partial charge in [-0.1, -0.05) is 11.6 Å². The fourth-order valence-electron chi connectivity index (χ4n) is 1.83. The van der Waals surface area contributed by atoms with Crippen LogP contribution in [0, 0.1) is 0 Å². The number of pyridine rings is 1. The number of hydrogen-bond donors (Lipinski definition) is 1. The fourth-order valence-corrected chi connectivity index (χ4v) is 3.35. The second-order valence-electron chi connectivity index (χ2n) is 4.60. The van der Waals surface area contributed by atoms with Crippen LogP contribution < -0.4 is 4.72 Å². The Balaban J connectivity index is 2.18. The minimum atomic E-state index is -3.56. The third-order valence-corrected chi connectivity index (χ3v) is 4.83. The molecule has 0 unspecified atom stereocenters. The summed E-state index contributed by atoms with van der Waals surface area (Å²) in [6.07, 6.45) is 2.58. The Labute approximate surface area is 112 Å². The first-order valence-electron chi connectivity index (χ1n) is 5.65. The third-order valence-electron chi connectivity index (χ3n) is 2.99. The zero-order valence-electron chi connectivity index (χ0n) is 10.0. The summed E-state index contributed by atoms with van der Waals surface area (Å²) in [4.78, 5) is 3.91. The zero-order chi connectivity index (χ0) is 13.2. The Morgan fingerprint density at radius 3 is 2.61 bits per heavy atom. The first-order chi connectivity index (χ1) is 8.41. The van der Waals surface area contributed by atoms with Crippen molar-refractivity contribution in [1.29, 1.82) is 0 Å². The maximum Gasteiger partial charge on any atom is 0.242 e. The number of hydrogen-bond acceptors (Lipinski definition) is 4. The number of nitrogens with one attached hydrogen (secondary N) is 1. The molecule has 0 aliphatic carbocycles. The van der Waals surface area contributed by atoms with Crippen molar-refractivity contribution in [3.63, 3.8) is 0 Å². The predicted octanol–water partition coefficient (Wildman–Crippen LogP) is 1.58. The van der Waals surface area contributed by atoms with Crippen molar-refractivity contribution < 1.29 is 13.2 Å². The molecular weight excluding hydrogens is 276 g/mol. The quantitative estimate of drug-likeness (QED) is 0.858. The van der Waals surface area contributed by atoms with Gasteiger partial charge in [0.05, 0.1) is 0 Å². The molecule has 1 fully saturated rings. The van der Waals surface area contributed by atoms with Gasteiger partial charge in [-0.25, -0.2) is 18.1 Å². The maximum absolute atomic E-state index is 12.2. The third kappa shape index (κ3) is 3.20. The average Bonchev–Trinajstić information content (AvgIpc) is 2.29. The normalized spacial score (nSPS) is 19.7. The van der Waals surface area contributed by atoms with Crippen LogP contribution in [0.1, 0.15) is 19.8 Å². The molecule has 0 radical (unpaired) electrons. The standard InChI is InChI=1S/C11H15ClN2O3S/c1-11(4-6-17-7-5-11)14-18(15,16)9-2-3-10(12)13-8-9/h2-3,8,14H,4-7H2,1H3. The molecule has 1 aromatic rings. The van der Waals surface area contributed by atoms with Crippen molar-refractivity contribution in [2.45, 2.75) is 30.2 Å². The summed E-state index contributed by atoms with van der Waals surface area (Å²) in [5.41, 5.74) is -0.462. The lowest BCUT2D eigenvalue weighted by Crippen LogP contribution is -2.49. The molecule has 18 heavy (non-hydrogen) atoms. The van der Waals surface area contributed by atoms with E-state index in [4.69, 9.17) is 16.3 Å². The molecule has 1 aromatic heterocycles. The molecule has 0 bridgehead atoms. The van der Waals surface area contributed by atoms with Crippen LogP contribution in [-0.2, 0) is 14.8 Å². The lowest BCUT2D eigenvalue weighted by molar-refractivity contribution is 0.0537. The molecular formula is C11H15ClN2O3S. The molecule has 7 heteroatoms. The van der Waals surface area contributed by atoms with Crippen molar-refractivity contribution in [3.05, 3.63) is 23.5 Å². The van der Waals surface area contributed by atoms with Gasteiger partial charge in [-0.05, 0) is 31.9 Å². The SMILES string of the molecule is CC1(NS(=O)(=O)c2ccc(Cl)nc2)CCOCC1. The summed E-state index contributed by atoms with van der Waals surface area (Å²) in [5, 5.41) is 0.270. The van der Waals surface area contributed by atoms with Crippen LogP contribution in [0.15, 0.2) is 23.2 Å². The van der Waals surface area contributed by atoms with Crippen molar-refractivity contribution in [2.24, 2.45) is 0 Å². The first-order valence-corrected chi connectivity index (χ1v) is 7.51. The molecule has 5 nitrogen and oxygen atoms in total. The van der Waals surface area contributed by atoms with E-state index < -0.39 is 15.6 Å². The van der Waals surface area contributed by atoms with Crippen molar-refractivity contribution in [3.8, 4) is 0 Å². The van der Waals surface area contributed by atoms with Crippen molar-refractivity contribution >= 4 is 21.6 Å². The fraction of sp³-hybridized carbons (Fsp3) is 0.545. The number of ether oxygens (including phenoxy) is 1. The Bertz CT molecular complexity index is 510. The molecule has 0 spiro atoms. The van der Waals surface area contributed by atoms with Crippen LogP contribution in [0.5, 0.6) is 0 Å². The summed E-state index contributed by atoms with van der Waals surface area (Å²) in [5.74, 6) is 0. The minimum absolute atomic E-state index is 0.125. The molecule has 0 amide bonds. The smallest absolute Gasteiger partial charge is 0.242 e. The second-order valence-corrected chi connectivity index (χ2v) is 6.66. The zero-order valence-corrected chi connectivity index (χ0v) is 11.6. The molecule has 2 heterocycles. The van der Waals surface area contributed by atoms with E-state index in [1.54, 1.807) is 0 Å². The van der Waals surface area contributed by atoms with Gasteiger partial charge in [-0.3, -0.25) is 0 Å². The van der Waals surface area contributed by atoms with Gasteiger partial charge in [0, 0.05) is 24.9 Å². The van der Waals surface area contributed by atoms with Gasteiger partial charge in [0.25, 0.3) is 0 Å². The topological polar surface area (TPSA) is 68.3 Å². The Hall–Kier alpha value is -0.690. The van der Waals surface area contributed by atoms with Crippen molar-refractivity contribution in [1.82, 2.24) is 9.71 Å². The first kappa shape index (κ1) is 13.7. The second kappa shape index (κ2) is 5.13. The number of aromatic nitrogens is 1. The van der Waals surface area contributed by atoms with Gasteiger partial charge >= 0.3 is 0 Å². The average molecular weight is 291 g/mol. The molecule has 1 aliphatic rings. The van der Waals surface area contributed by atoms with E-state index in [-0.39, 0.29) is 10.0 Å². The molecule has 1 saturated heterocycles. The molecule has 2 rings (SSSR count). The van der Waals surface area contributed by atoms with Crippen LogP contribution in [0.3, 0.4) is 0 Å². The monoisotopic (exact) mass is 290 g/mol.